The zero-order chi connectivity index (χ0) is 15.1. The van der Waals surface area contributed by atoms with E-state index in [4.69, 9.17) is 0 Å². The van der Waals surface area contributed by atoms with Crippen LogP contribution < -0.4 is 10.6 Å². The van der Waals surface area contributed by atoms with Crippen LogP contribution in [0, 0.1) is 0 Å². The van der Waals surface area contributed by atoms with Gasteiger partial charge in [-0.25, -0.2) is 9.78 Å². The molecule has 8 heteroatoms. The van der Waals surface area contributed by atoms with E-state index in [1.807, 2.05) is 4.90 Å². The van der Waals surface area contributed by atoms with E-state index in [9.17, 15) is 14.7 Å². The van der Waals surface area contributed by atoms with Crippen molar-refractivity contribution in [3.8, 4) is 0 Å². The Morgan fingerprint density at radius 3 is 3.00 bits per heavy atom. The molecule has 0 aliphatic carbocycles. The zero-order valence-electron chi connectivity index (χ0n) is 11.8. The fourth-order valence-corrected chi connectivity index (χ4v) is 2.32. The largest absolute Gasteiger partial charge is 0.480 e. The first-order valence-electron chi connectivity index (χ1n) is 7.07. The van der Waals surface area contributed by atoms with Crippen molar-refractivity contribution < 1.29 is 14.7 Å². The lowest BCUT2D eigenvalue weighted by Gasteiger charge is -2.20. The van der Waals surface area contributed by atoms with Gasteiger partial charge in [0.05, 0.1) is 12.9 Å². The van der Waals surface area contributed by atoms with E-state index >= 15 is 0 Å². The molecule has 1 amide bonds. The molecule has 1 fully saturated rings. The van der Waals surface area contributed by atoms with Crippen molar-refractivity contribution in [2.45, 2.75) is 18.9 Å². The third kappa shape index (κ3) is 5.16. The summed E-state index contributed by atoms with van der Waals surface area (Å²) in [5.74, 6) is -1.31. The summed E-state index contributed by atoms with van der Waals surface area (Å²) in [6.45, 7) is 3.68. The quantitative estimate of drug-likeness (QED) is 0.526. The molecular formula is C13H21N5O3. The summed E-state index contributed by atoms with van der Waals surface area (Å²) in [5, 5.41) is 15.0. The Labute approximate surface area is 122 Å². The summed E-state index contributed by atoms with van der Waals surface area (Å²) >= 11 is 0. The number of imidazole rings is 1. The molecule has 21 heavy (non-hydrogen) atoms. The Hall–Kier alpha value is -1.93. The molecule has 4 N–H and O–H groups in total. The van der Waals surface area contributed by atoms with Crippen molar-refractivity contribution in [2.24, 2.45) is 0 Å². The standard InChI is InChI=1S/C13H21N5O3/c19-12(8-18-4-1-2-14-3-5-18)17-11(13(20)21)6-10-7-15-9-16-10/h7,9,11,14H,1-6,8H2,(H,15,16)(H,17,19)(H,20,21). The van der Waals surface area contributed by atoms with Crippen LogP contribution in [0.15, 0.2) is 12.5 Å². The van der Waals surface area contributed by atoms with Crippen molar-refractivity contribution >= 4 is 11.9 Å². The van der Waals surface area contributed by atoms with Gasteiger partial charge in [-0.05, 0) is 19.5 Å². The summed E-state index contributed by atoms with van der Waals surface area (Å²) in [5.41, 5.74) is 0.682. The van der Waals surface area contributed by atoms with Crippen LogP contribution in [-0.4, -0.2) is 70.6 Å². The van der Waals surface area contributed by atoms with E-state index < -0.39 is 12.0 Å². The molecule has 1 aromatic rings. The first-order chi connectivity index (χ1) is 10.1. The molecule has 0 bridgehead atoms. The molecule has 1 aliphatic heterocycles. The number of H-pyrrole nitrogens is 1. The maximum Gasteiger partial charge on any atom is 0.326 e. The van der Waals surface area contributed by atoms with Gasteiger partial charge in [-0.15, -0.1) is 0 Å². The first kappa shape index (κ1) is 15.5. The minimum Gasteiger partial charge on any atom is -0.480 e. The van der Waals surface area contributed by atoms with E-state index in [-0.39, 0.29) is 18.9 Å². The number of rotatable bonds is 6. The molecule has 2 heterocycles. The van der Waals surface area contributed by atoms with Crippen molar-refractivity contribution in [3.63, 3.8) is 0 Å². The summed E-state index contributed by atoms with van der Waals surface area (Å²) in [7, 11) is 0. The molecule has 1 unspecified atom stereocenters. The van der Waals surface area contributed by atoms with Gasteiger partial charge in [0, 0.05) is 31.4 Å². The molecular weight excluding hydrogens is 274 g/mol. The maximum absolute atomic E-state index is 12.0. The number of carboxylic acid groups (broad SMARTS) is 1. The maximum atomic E-state index is 12.0. The summed E-state index contributed by atoms with van der Waals surface area (Å²) in [6, 6.07) is -0.942. The van der Waals surface area contributed by atoms with Gasteiger partial charge in [-0.3, -0.25) is 9.69 Å². The molecule has 2 rings (SSSR count). The molecule has 1 atom stereocenters. The summed E-state index contributed by atoms with van der Waals surface area (Å²) in [4.78, 5) is 32.0. The fourth-order valence-electron chi connectivity index (χ4n) is 2.32. The number of aromatic nitrogens is 2. The third-order valence-corrected chi connectivity index (χ3v) is 3.41. The Morgan fingerprint density at radius 1 is 1.43 bits per heavy atom. The highest BCUT2D eigenvalue weighted by atomic mass is 16.4. The highest BCUT2D eigenvalue weighted by Gasteiger charge is 2.22. The number of aromatic amines is 1. The lowest BCUT2D eigenvalue weighted by Crippen LogP contribution is -2.47. The number of hydrogen-bond donors (Lipinski definition) is 4. The van der Waals surface area contributed by atoms with E-state index in [1.165, 1.54) is 6.33 Å². The van der Waals surface area contributed by atoms with Crippen LogP contribution in [0.4, 0.5) is 0 Å². The molecule has 0 radical (unpaired) electrons. The monoisotopic (exact) mass is 295 g/mol. The number of carboxylic acids is 1. The second kappa shape index (κ2) is 7.75. The van der Waals surface area contributed by atoms with E-state index in [0.29, 0.717) is 5.69 Å². The van der Waals surface area contributed by atoms with Crippen molar-refractivity contribution in [1.82, 2.24) is 25.5 Å². The number of aliphatic carboxylic acids is 1. The van der Waals surface area contributed by atoms with Gasteiger partial charge in [-0.1, -0.05) is 0 Å². The molecule has 116 valence electrons. The normalized spacial score (nSPS) is 17.9. The molecule has 0 spiro atoms. The van der Waals surface area contributed by atoms with E-state index in [1.54, 1.807) is 6.20 Å². The van der Waals surface area contributed by atoms with Gasteiger partial charge in [0.1, 0.15) is 6.04 Å². The van der Waals surface area contributed by atoms with E-state index in [0.717, 1.165) is 32.6 Å². The van der Waals surface area contributed by atoms with Crippen LogP contribution in [0.2, 0.25) is 0 Å². The smallest absolute Gasteiger partial charge is 0.326 e. The van der Waals surface area contributed by atoms with Gasteiger partial charge >= 0.3 is 5.97 Å². The predicted molar refractivity (Wildman–Crippen MR) is 75.8 cm³/mol. The van der Waals surface area contributed by atoms with Crippen LogP contribution in [0.1, 0.15) is 12.1 Å². The number of nitrogens with zero attached hydrogens (tertiary/aromatic N) is 2. The summed E-state index contributed by atoms with van der Waals surface area (Å²) < 4.78 is 0. The Balaban J connectivity index is 1.84. The molecule has 1 aliphatic rings. The zero-order valence-corrected chi connectivity index (χ0v) is 11.8. The van der Waals surface area contributed by atoms with Crippen LogP contribution in [-0.2, 0) is 16.0 Å². The van der Waals surface area contributed by atoms with Crippen LogP contribution in [0.3, 0.4) is 0 Å². The molecule has 8 nitrogen and oxygen atoms in total. The second-order valence-corrected chi connectivity index (χ2v) is 5.12. The molecule has 1 saturated heterocycles. The third-order valence-electron chi connectivity index (χ3n) is 3.41. The minimum absolute atomic E-state index is 0.197. The Kier molecular flexibility index (Phi) is 5.70. The Morgan fingerprint density at radius 2 is 2.29 bits per heavy atom. The number of carbonyl (C=O) groups is 2. The SMILES string of the molecule is O=C(CN1CCCNCC1)NC(Cc1cnc[nH]1)C(=O)O. The van der Waals surface area contributed by atoms with E-state index in [2.05, 4.69) is 20.6 Å². The molecule has 0 saturated carbocycles. The van der Waals surface area contributed by atoms with Gasteiger partial charge in [0.15, 0.2) is 0 Å². The van der Waals surface area contributed by atoms with Gasteiger partial charge in [0.25, 0.3) is 0 Å². The van der Waals surface area contributed by atoms with Crippen LogP contribution >= 0.6 is 0 Å². The predicted octanol–water partition coefficient (Wildman–Crippen LogP) is -1.18. The number of hydrogen-bond acceptors (Lipinski definition) is 5. The topological polar surface area (TPSA) is 110 Å². The van der Waals surface area contributed by atoms with Crippen LogP contribution in [0.5, 0.6) is 0 Å². The highest BCUT2D eigenvalue weighted by Crippen LogP contribution is 2.00. The van der Waals surface area contributed by atoms with Crippen molar-refractivity contribution in [1.29, 1.82) is 0 Å². The number of amides is 1. The second-order valence-electron chi connectivity index (χ2n) is 5.12. The molecule has 1 aromatic heterocycles. The van der Waals surface area contributed by atoms with Crippen molar-refractivity contribution in [3.05, 3.63) is 18.2 Å². The highest BCUT2D eigenvalue weighted by molar-refractivity contribution is 5.84. The number of carbonyl (C=O) groups excluding carboxylic acids is 1. The average molecular weight is 295 g/mol. The average Bonchev–Trinajstić information content (AvgIpc) is 2.81. The number of nitrogens with one attached hydrogen (secondary N) is 3. The Bertz CT molecular complexity index is 454. The first-order valence-corrected chi connectivity index (χ1v) is 7.07. The van der Waals surface area contributed by atoms with Gasteiger partial charge < -0.3 is 20.7 Å². The van der Waals surface area contributed by atoms with Crippen molar-refractivity contribution in [2.75, 3.05) is 32.7 Å². The lowest BCUT2D eigenvalue weighted by molar-refractivity contribution is -0.142. The fraction of sp³-hybridized carbons (Fsp3) is 0.615. The molecule has 0 aromatic carbocycles. The van der Waals surface area contributed by atoms with Crippen LogP contribution in [0.25, 0.3) is 0 Å². The summed E-state index contributed by atoms with van der Waals surface area (Å²) in [6.07, 6.45) is 4.23. The minimum atomic E-state index is -1.05. The lowest BCUT2D eigenvalue weighted by atomic mass is 10.1. The van der Waals surface area contributed by atoms with Gasteiger partial charge in [-0.2, -0.15) is 0 Å². The van der Waals surface area contributed by atoms with Gasteiger partial charge in [0.2, 0.25) is 5.91 Å².